The maximum Gasteiger partial charge on any atom is 0.135 e. The second-order valence-electron chi connectivity index (χ2n) is 4.81. The minimum atomic E-state index is 0.787. The van der Waals surface area contributed by atoms with Crippen molar-refractivity contribution in [1.29, 1.82) is 0 Å². The quantitative estimate of drug-likeness (QED) is 0.587. The Morgan fingerprint density at radius 1 is 0.947 bits per heavy atom. The molecule has 0 aliphatic rings. The third kappa shape index (κ3) is 2.43. The zero-order valence-electron chi connectivity index (χ0n) is 11.2. The average molecular weight is 254 g/mol. The number of fused-ring (bicyclic) bond motifs is 3. The molecule has 2 nitrogen and oxygen atoms in total. The van der Waals surface area contributed by atoms with Crippen molar-refractivity contribution in [3.8, 4) is 5.75 Å². The summed E-state index contributed by atoms with van der Waals surface area (Å²) in [7, 11) is 0. The Hall–Kier alpha value is -1.96. The number of hydrogen-bond acceptors (Lipinski definition) is 2. The molecular weight excluding hydrogens is 236 g/mol. The van der Waals surface area contributed by atoms with Crippen LogP contribution in [0.4, 0.5) is 0 Å². The second-order valence-corrected chi connectivity index (χ2v) is 4.81. The van der Waals surface area contributed by atoms with Crippen LogP contribution in [0.3, 0.4) is 0 Å². The van der Waals surface area contributed by atoms with E-state index in [0.29, 0.717) is 0 Å². The zero-order chi connectivity index (χ0) is 13.1. The smallest absolute Gasteiger partial charge is 0.135 e. The van der Waals surface area contributed by atoms with Gasteiger partial charge in [-0.1, -0.05) is 38.0 Å². The van der Waals surface area contributed by atoms with Crippen molar-refractivity contribution in [2.45, 2.75) is 26.2 Å². The Labute approximate surface area is 113 Å². The molecule has 0 saturated heterocycles. The first-order chi connectivity index (χ1) is 9.38. The molecule has 3 aromatic rings. The summed E-state index contributed by atoms with van der Waals surface area (Å²) in [6.45, 7) is 2.98. The molecule has 1 aromatic heterocycles. The summed E-state index contributed by atoms with van der Waals surface area (Å²) < 4.78 is 11.6. The first kappa shape index (κ1) is 12.1. The molecular formula is C17H18O2. The zero-order valence-corrected chi connectivity index (χ0v) is 11.2. The Kier molecular flexibility index (Phi) is 3.41. The van der Waals surface area contributed by atoms with E-state index in [4.69, 9.17) is 9.15 Å². The largest absolute Gasteiger partial charge is 0.494 e. The lowest BCUT2D eigenvalue weighted by Crippen LogP contribution is -1.96. The van der Waals surface area contributed by atoms with Gasteiger partial charge in [0.1, 0.15) is 16.9 Å². The lowest BCUT2D eigenvalue weighted by atomic mass is 10.1. The Morgan fingerprint density at radius 2 is 1.79 bits per heavy atom. The van der Waals surface area contributed by atoms with Gasteiger partial charge < -0.3 is 9.15 Å². The number of furan rings is 1. The molecule has 0 radical (unpaired) electrons. The standard InChI is InChI=1S/C17H18O2/c1-2-3-6-11-18-13-9-10-17-15(12-13)14-7-4-5-8-16(14)19-17/h4-5,7-10,12H,2-3,6,11H2,1H3. The van der Waals surface area contributed by atoms with Crippen LogP contribution < -0.4 is 4.74 Å². The van der Waals surface area contributed by atoms with Crippen LogP contribution in [0, 0.1) is 0 Å². The van der Waals surface area contributed by atoms with Crippen molar-refractivity contribution in [3.63, 3.8) is 0 Å². The molecule has 0 fully saturated rings. The van der Waals surface area contributed by atoms with Gasteiger partial charge in [-0.05, 0) is 30.7 Å². The van der Waals surface area contributed by atoms with E-state index < -0.39 is 0 Å². The van der Waals surface area contributed by atoms with Crippen molar-refractivity contribution in [2.24, 2.45) is 0 Å². The van der Waals surface area contributed by atoms with E-state index in [9.17, 15) is 0 Å². The third-order valence-corrected chi connectivity index (χ3v) is 3.36. The molecule has 2 heteroatoms. The molecule has 0 atom stereocenters. The van der Waals surface area contributed by atoms with Crippen LogP contribution in [0.25, 0.3) is 21.9 Å². The van der Waals surface area contributed by atoms with Crippen LogP contribution in [0.15, 0.2) is 46.9 Å². The first-order valence-electron chi connectivity index (χ1n) is 6.92. The van der Waals surface area contributed by atoms with Crippen molar-refractivity contribution >= 4 is 21.9 Å². The van der Waals surface area contributed by atoms with Crippen LogP contribution in [-0.2, 0) is 0 Å². The Bertz CT molecular complexity index is 682. The molecule has 0 unspecified atom stereocenters. The molecule has 3 rings (SSSR count). The van der Waals surface area contributed by atoms with E-state index >= 15 is 0 Å². The summed E-state index contributed by atoms with van der Waals surface area (Å²) in [5.74, 6) is 0.926. The summed E-state index contributed by atoms with van der Waals surface area (Å²) in [5, 5.41) is 2.28. The molecule has 0 N–H and O–H groups in total. The molecule has 2 aromatic carbocycles. The summed E-state index contributed by atoms with van der Waals surface area (Å²) >= 11 is 0. The van der Waals surface area contributed by atoms with Gasteiger partial charge in [-0.3, -0.25) is 0 Å². The van der Waals surface area contributed by atoms with Gasteiger partial charge in [0.2, 0.25) is 0 Å². The number of para-hydroxylation sites is 1. The highest BCUT2D eigenvalue weighted by atomic mass is 16.5. The van der Waals surface area contributed by atoms with Gasteiger partial charge >= 0.3 is 0 Å². The highest BCUT2D eigenvalue weighted by Crippen LogP contribution is 2.31. The van der Waals surface area contributed by atoms with Crippen molar-refractivity contribution < 1.29 is 9.15 Å². The SMILES string of the molecule is CCCCCOc1ccc2oc3ccccc3c2c1. The molecule has 0 spiro atoms. The van der Waals surface area contributed by atoms with Gasteiger partial charge in [0.25, 0.3) is 0 Å². The Balaban J connectivity index is 1.89. The fraction of sp³-hybridized carbons (Fsp3) is 0.294. The lowest BCUT2D eigenvalue weighted by Gasteiger charge is -2.05. The van der Waals surface area contributed by atoms with E-state index in [0.717, 1.165) is 40.7 Å². The minimum Gasteiger partial charge on any atom is -0.494 e. The molecule has 98 valence electrons. The minimum absolute atomic E-state index is 0.787. The van der Waals surface area contributed by atoms with E-state index in [1.165, 1.54) is 12.8 Å². The number of benzene rings is 2. The summed E-state index contributed by atoms with van der Waals surface area (Å²) in [6.07, 6.45) is 3.55. The summed E-state index contributed by atoms with van der Waals surface area (Å²) in [6, 6.07) is 14.2. The van der Waals surface area contributed by atoms with Crippen LogP contribution in [0.1, 0.15) is 26.2 Å². The molecule has 0 aliphatic heterocycles. The van der Waals surface area contributed by atoms with Crippen molar-refractivity contribution in [1.82, 2.24) is 0 Å². The van der Waals surface area contributed by atoms with Gasteiger partial charge in [0, 0.05) is 10.8 Å². The summed E-state index contributed by atoms with van der Waals surface area (Å²) in [5.41, 5.74) is 1.85. The molecule has 1 heterocycles. The average Bonchev–Trinajstić information content (AvgIpc) is 2.82. The lowest BCUT2D eigenvalue weighted by molar-refractivity contribution is 0.306. The van der Waals surface area contributed by atoms with Gasteiger partial charge in [0.15, 0.2) is 0 Å². The molecule has 0 bridgehead atoms. The highest BCUT2D eigenvalue weighted by Gasteiger charge is 2.07. The fourth-order valence-electron chi connectivity index (χ4n) is 2.34. The van der Waals surface area contributed by atoms with E-state index in [1.54, 1.807) is 0 Å². The topological polar surface area (TPSA) is 22.4 Å². The molecule has 19 heavy (non-hydrogen) atoms. The maximum absolute atomic E-state index is 5.79. The van der Waals surface area contributed by atoms with Gasteiger partial charge in [-0.2, -0.15) is 0 Å². The molecule has 0 aliphatic carbocycles. The summed E-state index contributed by atoms with van der Waals surface area (Å²) in [4.78, 5) is 0. The maximum atomic E-state index is 5.79. The third-order valence-electron chi connectivity index (χ3n) is 3.36. The van der Waals surface area contributed by atoms with Crippen LogP contribution >= 0.6 is 0 Å². The van der Waals surface area contributed by atoms with Crippen LogP contribution in [0.5, 0.6) is 5.75 Å². The number of hydrogen-bond donors (Lipinski definition) is 0. The van der Waals surface area contributed by atoms with Gasteiger partial charge in [0.05, 0.1) is 6.61 Å². The van der Waals surface area contributed by atoms with Gasteiger partial charge in [-0.15, -0.1) is 0 Å². The number of unbranched alkanes of at least 4 members (excludes halogenated alkanes) is 2. The van der Waals surface area contributed by atoms with Crippen molar-refractivity contribution in [3.05, 3.63) is 42.5 Å². The molecule has 0 amide bonds. The first-order valence-corrected chi connectivity index (χ1v) is 6.92. The van der Waals surface area contributed by atoms with Crippen LogP contribution in [0.2, 0.25) is 0 Å². The normalized spacial score (nSPS) is 11.2. The predicted molar refractivity (Wildman–Crippen MR) is 78.7 cm³/mol. The number of ether oxygens (including phenoxy) is 1. The Morgan fingerprint density at radius 3 is 2.68 bits per heavy atom. The number of rotatable bonds is 5. The van der Waals surface area contributed by atoms with E-state index in [-0.39, 0.29) is 0 Å². The van der Waals surface area contributed by atoms with E-state index in [1.807, 2.05) is 30.3 Å². The fourth-order valence-corrected chi connectivity index (χ4v) is 2.34. The van der Waals surface area contributed by atoms with Gasteiger partial charge in [-0.25, -0.2) is 0 Å². The predicted octanol–water partition coefficient (Wildman–Crippen LogP) is 5.16. The van der Waals surface area contributed by atoms with E-state index in [2.05, 4.69) is 19.1 Å². The second kappa shape index (κ2) is 5.35. The van der Waals surface area contributed by atoms with Crippen LogP contribution in [-0.4, -0.2) is 6.61 Å². The van der Waals surface area contributed by atoms with Crippen molar-refractivity contribution in [2.75, 3.05) is 6.61 Å². The molecule has 0 saturated carbocycles. The monoisotopic (exact) mass is 254 g/mol. The highest BCUT2D eigenvalue weighted by molar-refractivity contribution is 6.05.